The number of ether oxygens (including phenoxy) is 1. The van der Waals surface area contributed by atoms with Crippen molar-refractivity contribution in [2.45, 2.75) is 26.2 Å². The summed E-state index contributed by atoms with van der Waals surface area (Å²) in [5.41, 5.74) is 2.10. The summed E-state index contributed by atoms with van der Waals surface area (Å²) in [6, 6.07) is 4.79. The van der Waals surface area contributed by atoms with Gasteiger partial charge in [0.15, 0.2) is 0 Å². The molecule has 0 N–H and O–H groups in total. The largest absolute Gasteiger partial charge is 0.466 e. The predicted octanol–water partition coefficient (Wildman–Crippen LogP) is 2.49. The highest BCUT2D eigenvalue weighted by Crippen LogP contribution is 2.26. The van der Waals surface area contributed by atoms with Crippen molar-refractivity contribution in [3.63, 3.8) is 0 Å². The zero-order valence-electron chi connectivity index (χ0n) is 9.33. The predicted molar refractivity (Wildman–Crippen MR) is 58.5 cm³/mol. The van der Waals surface area contributed by atoms with Gasteiger partial charge in [-0.2, -0.15) is 0 Å². The molecule has 2 rings (SSSR count). The second-order valence-electron chi connectivity index (χ2n) is 4.10. The summed E-state index contributed by atoms with van der Waals surface area (Å²) in [6.45, 7) is 2.23. The van der Waals surface area contributed by atoms with Gasteiger partial charge in [0.2, 0.25) is 0 Å². The molecular formula is C13H15FO2. The highest BCUT2D eigenvalue weighted by molar-refractivity contribution is 5.73. The summed E-state index contributed by atoms with van der Waals surface area (Å²) < 4.78 is 18.0. The van der Waals surface area contributed by atoms with Crippen LogP contribution in [-0.4, -0.2) is 12.6 Å². The summed E-state index contributed by atoms with van der Waals surface area (Å²) in [6.07, 6.45) is 2.19. The van der Waals surface area contributed by atoms with Crippen LogP contribution < -0.4 is 0 Å². The lowest BCUT2D eigenvalue weighted by Crippen LogP contribution is -2.24. The number of benzene rings is 1. The highest BCUT2D eigenvalue weighted by atomic mass is 19.1. The van der Waals surface area contributed by atoms with Crippen molar-refractivity contribution < 1.29 is 13.9 Å². The average Bonchev–Trinajstić information content (AvgIpc) is 2.28. The third kappa shape index (κ3) is 2.23. The summed E-state index contributed by atoms with van der Waals surface area (Å²) >= 11 is 0. The number of esters is 1. The number of carbonyl (C=O) groups excluding carboxylic acids is 1. The zero-order chi connectivity index (χ0) is 11.5. The van der Waals surface area contributed by atoms with Crippen molar-refractivity contribution in [1.82, 2.24) is 0 Å². The van der Waals surface area contributed by atoms with Crippen LogP contribution in [0.15, 0.2) is 18.2 Å². The lowest BCUT2D eigenvalue weighted by atomic mass is 9.84. The van der Waals surface area contributed by atoms with Crippen LogP contribution in [0, 0.1) is 11.7 Å². The molecule has 0 amide bonds. The smallest absolute Gasteiger partial charge is 0.309 e. The maximum Gasteiger partial charge on any atom is 0.309 e. The lowest BCUT2D eigenvalue weighted by Gasteiger charge is -2.22. The van der Waals surface area contributed by atoms with E-state index in [0.717, 1.165) is 24.0 Å². The van der Waals surface area contributed by atoms with Gasteiger partial charge in [0.25, 0.3) is 0 Å². The zero-order valence-corrected chi connectivity index (χ0v) is 9.33. The van der Waals surface area contributed by atoms with Crippen LogP contribution in [0.3, 0.4) is 0 Å². The van der Waals surface area contributed by atoms with Crippen LogP contribution in [0.2, 0.25) is 0 Å². The van der Waals surface area contributed by atoms with E-state index in [1.807, 2.05) is 6.92 Å². The van der Waals surface area contributed by atoms with Crippen LogP contribution in [0.4, 0.5) is 4.39 Å². The van der Waals surface area contributed by atoms with Gasteiger partial charge in [0.05, 0.1) is 12.5 Å². The molecule has 0 heterocycles. The van der Waals surface area contributed by atoms with E-state index >= 15 is 0 Å². The summed E-state index contributed by atoms with van der Waals surface area (Å²) in [5.74, 6) is -0.385. The maximum absolute atomic E-state index is 13.0. The van der Waals surface area contributed by atoms with Crippen molar-refractivity contribution in [2.75, 3.05) is 6.61 Å². The fourth-order valence-corrected chi connectivity index (χ4v) is 2.18. The van der Waals surface area contributed by atoms with Crippen LogP contribution in [0.1, 0.15) is 24.5 Å². The number of rotatable bonds is 2. The second-order valence-corrected chi connectivity index (χ2v) is 4.10. The normalized spacial score (nSPS) is 19.0. The van der Waals surface area contributed by atoms with Crippen LogP contribution in [-0.2, 0) is 22.4 Å². The van der Waals surface area contributed by atoms with E-state index in [-0.39, 0.29) is 17.7 Å². The van der Waals surface area contributed by atoms with Crippen LogP contribution >= 0.6 is 0 Å². The molecule has 1 aromatic carbocycles. The number of carbonyl (C=O) groups is 1. The van der Waals surface area contributed by atoms with E-state index in [1.165, 1.54) is 6.07 Å². The van der Waals surface area contributed by atoms with Crippen LogP contribution in [0.5, 0.6) is 0 Å². The lowest BCUT2D eigenvalue weighted by molar-refractivity contribution is -0.148. The molecule has 0 aliphatic heterocycles. The first-order valence-electron chi connectivity index (χ1n) is 5.64. The molecule has 0 radical (unpaired) electrons. The van der Waals surface area contributed by atoms with Gasteiger partial charge in [-0.25, -0.2) is 4.39 Å². The Kier molecular flexibility index (Phi) is 3.22. The first-order chi connectivity index (χ1) is 7.70. The molecule has 0 bridgehead atoms. The number of halogens is 1. The Morgan fingerprint density at radius 2 is 2.31 bits per heavy atom. The second kappa shape index (κ2) is 4.64. The molecule has 0 fully saturated rings. The molecule has 0 spiro atoms. The fraction of sp³-hybridized carbons (Fsp3) is 0.462. The minimum Gasteiger partial charge on any atom is -0.466 e. The van der Waals surface area contributed by atoms with Gasteiger partial charge >= 0.3 is 5.97 Å². The molecule has 1 aliphatic rings. The van der Waals surface area contributed by atoms with Gasteiger partial charge in [0, 0.05) is 0 Å². The van der Waals surface area contributed by atoms with Gasteiger partial charge in [-0.05, 0) is 49.4 Å². The Morgan fingerprint density at radius 1 is 1.50 bits per heavy atom. The molecular weight excluding hydrogens is 207 g/mol. The highest BCUT2D eigenvalue weighted by Gasteiger charge is 2.25. The molecule has 1 aliphatic carbocycles. The molecule has 1 unspecified atom stereocenters. The van der Waals surface area contributed by atoms with Gasteiger partial charge in [0.1, 0.15) is 5.82 Å². The standard InChI is InChI=1S/C13H15FO2/c1-2-16-13(15)11-4-3-10-8-12(14)6-5-9(10)7-11/h5-6,8,11H,2-4,7H2,1H3. The SMILES string of the molecule is CCOC(=O)C1CCc2cc(F)ccc2C1. The number of fused-ring (bicyclic) bond motifs is 1. The quantitative estimate of drug-likeness (QED) is 0.719. The first kappa shape index (κ1) is 11.1. The van der Waals surface area contributed by atoms with E-state index in [4.69, 9.17) is 4.74 Å². The topological polar surface area (TPSA) is 26.3 Å². The van der Waals surface area contributed by atoms with E-state index in [0.29, 0.717) is 13.0 Å². The van der Waals surface area contributed by atoms with Gasteiger partial charge in [-0.1, -0.05) is 6.07 Å². The van der Waals surface area contributed by atoms with Crippen molar-refractivity contribution in [2.24, 2.45) is 5.92 Å². The third-order valence-electron chi connectivity index (χ3n) is 3.02. The molecule has 2 nitrogen and oxygen atoms in total. The summed E-state index contributed by atoms with van der Waals surface area (Å²) in [5, 5.41) is 0. The Morgan fingerprint density at radius 3 is 3.06 bits per heavy atom. The fourth-order valence-electron chi connectivity index (χ4n) is 2.18. The monoisotopic (exact) mass is 222 g/mol. The van der Waals surface area contributed by atoms with Crippen molar-refractivity contribution in [1.29, 1.82) is 0 Å². The van der Waals surface area contributed by atoms with Gasteiger partial charge < -0.3 is 4.74 Å². The molecule has 0 saturated heterocycles. The van der Waals surface area contributed by atoms with Gasteiger partial charge in [-0.3, -0.25) is 4.79 Å². The van der Waals surface area contributed by atoms with E-state index in [2.05, 4.69) is 0 Å². The Hall–Kier alpha value is -1.38. The van der Waals surface area contributed by atoms with Crippen molar-refractivity contribution in [3.05, 3.63) is 35.1 Å². The minimum absolute atomic E-state index is 0.0575. The van der Waals surface area contributed by atoms with E-state index < -0.39 is 0 Å². The summed E-state index contributed by atoms with van der Waals surface area (Å²) in [4.78, 5) is 11.6. The molecule has 86 valence electrons. The number of hydrogen-bond acceptors (Lipinski definition) is 2. The Bertz CT molecular complexity index is 401. The molecule has 1 aromatic rings. The molecule has 16 heavy (non-hydrogen) atoms. The Labute approximate surface area is 94.4 Å². The van der Waals surface area contributed by atoms with Crippen molar-refractivity contribution >= 4 is 5.97 Å². The van der Waals surface area contributed by atoms with E-state index in [9.17, 15) is 9.18 Å². The maximum atomic E-state index is 13.0. The van der Waals surface area contributed by atoms with E-state index in [1.54, 1.807) is 12.1 Å². The molecule has 1 atom stereocenters. The van der Waals surface area contributed by atoms with Crippen molar-refractivity contribution in [3.8, 4) is 0 Å². The Balaban J connectivity index is 2.12. The average molecular weight is 222 g/mol. The van der Waals surface area contributed by atoms with Gasteiger partial charge in [-0.15, -0.1) is 0 Å². The first-order valence-corrected chi connectivity index (χ1v) is 5.64. The number of hydrogen-bond donors (Lipinski definition) is 0. The molecule has 0 aromatic heterocycles. The molecule has 0 saturated carbocycles. The third-order valence-corrected chi connectivity index (χ3v) is 3.02. The minimum atomic E-state index is -0.201. The number of aryl methyl sites for hydroxylation is 1. The molecule has 3 heteroatoms. The van der Waals surface area contributed by atoms with Crippen LogP contribution in [0.25, 0.3) is 0 Å². The summed E-state index contributed by atoms with van der Waals surface area (Å²) in [7, 11) is 0.